The van der Waals surface area contributed by atoms with Crippen LogP contribution in [0, 0.1) is 0 Å². The van der Waals surface area contributed by atoms with Crippen LogP contribution in [0.3, 0.4) is 0 Å². The number of hydrogen-bond acceptors (Lipinski definition) is 3. The lowest BCUT2D eigenvalue weighted by Crippen LogP contribution is -2.27. The highest BCUT2D eigenvalue weighted by Gasteiger charge is 2.22. The number of rotatable bonds is 4. The molecule has 0 atom stereocenters. The average Bonchev–Trinajstić information content (AvgIpc) is 2.74. The van der Waals surface area contributed by atoms with Gasteiger partial charge in [-0.2, -0.15) is 0 Å². The summed E-state index contributed by atoms with van der Waals surface area (Å²) in [7, 11) is 8.35. The van der Waals surface area contributed by atoms with Crippen molar-refractivity contribution in [2.24, 2.45) is 0 Å². The SMILES string of the molecule is CN(C)c1ccc(C(=C2C=CC(N(C)C)C=C2)c2ccc3c(c2)C=CC(C)(C)O3)cc1. The average molecular weight is 413 g/mol. The van der Waals surface area contributed by atoms with E-state index in [1.807, 2.05) is 0 Å². The molecule has 0 aromatic heterocycles. The van der Waals surface area contributed by atoms with Crippen LogP contribution >= 0.6 is 0 Å². The van der Waals surface area contributed by atoms with Crippen LogP contribution in [0.25, 0.3) is 11.6 Å². The summed E-state index contributed by atoms with van der Waals surface area (Å²) in [5.74, 6) is 0.936. The van der Waals surface area contributed by atoms with E-state index >= 15 is 0 Å². The first-order chi connectivity index (χ1) is 14.7. The Morgan fingerprint density at radius 2 is 1.48 bits per heavy atom. The van der Waals surface area contributed by atoms with Gasteiger partial charge in [0.2, 0.25) is 0 Å². The van der Waals surface area contributed by atoms with Crippen molar-refractivity contribution in [3.8, 4) is 5.75 Å². The summed E-state index contributed by atoms with van der Waals surface area (Å²) in [4.78, 5) is 4.33. The summed E-state index contributed by atoms with van der Waals surface area (Å²) in [5.41, 5.74) is 6.89. The van der Waals surface area contributed by atoms with Gasteiger partial charge in [0.05, 0.1) is 0 Å². The van der Waals surface area contributed by atoms with Crippen molar-refractivity contribution in [1.29, 1.82) is 0 Å². The molecule has 1 aliphatic carbocycles. The lowest BCUT2D eigenvalue weighted by molar-refractivity contribution is 0.159. The molecule has 1 heterocycles. The second-order valence-corrected chi connectivity index (χ2v) is 9.24. The van der Waals surface area contributed by atoms with E-state index in [9.17, 15) is 0 Å². The van der Waals surface area contributed by atoms with Crippen LogP contribution < -0.4 is 9.64 Å². The Bertz CT molecular complexity index is 1070. The second kappa shape index (κ2) is 8.24. The molecule has 160 valence electrons. The molecule has 31 heavy (non-hydrogen) atoms. The topological polar surface area (TPSA) is 15.7 Å². The van der Waals surface area contributed by atoms with Gasteiger partial charge in [-0.1, -0.05) is 48.6 Å². The summed E-state index contributed by atoms with van der Waals surface area (Å²) < 4.78 is 6.15. The third-order valence-corrected chi connectivity index (χ3v) is 5.84. The Hall–Kier alpha value is -3.04. The number of anilines is 1. The minimum Gasteiger partial charge on any atom is -0.483 e. The first-order valence-corrected chi connectivity index (χ1v) is 10.8. The zero-order chi connectivity index (χ0) is 22.2. The van der Waals surface area contributed by atoms with Crippen molar-refractivity contribution in [1.82, 2.24) is 4.90 Å². The molecule has 0 radical (unpaired) electrons. The number of hydrogen-bond donors (Lipinski definition) is 0. The highest BCUT2D eigenvalue weighted by molar-refractivity contribution is 5.87. The van der Waals surface area contributed by atoms with Crippen molar-refractivity contribution < 1.29 is 4.74 Å². The van der Waals surface area contributed by atoms with Gasteiger partial charge in [0.15, 0.2) is 0 Å². The molecule has 0 fully saturated rings. The quantitative estimate of drug-likeness (QED) is 0.632. The highest BCUT2D eigenvalue weighted by atomic mass is 16.5. The van der Waals surface area contributed by atoms with Crippen LogP contribution in [-0.4, -0.2) is 44.7 Å². The zero-order valence-corrected chi connectivity index (χ0v) is 19.4. The lowest BCUT2D eigenvalue weighted by atomic mass is 9.88. The van der Waals surface area contributed by atoms with E-state index in [0.717, 1.165) is 11.3 Å². The van der Waals surface area contributed by atoms with Crippen molar-refractivity contribution in [2.45, 2.75) is 25.5 Å². The Labute approximate surface area is 186 Å². The van der Waals surface area contributed by atoms with Crippen LogP contribution in [0.5, 0.6) is 5.75 Å². The first kappa shape index (κ1) is 21.2. The second-order valence-electron chi connectivity index (χ2n) is 9.24. The fraction of sp³-hybridized carbons (Fsp3) is 0.286. The van der Waals surface area contributed by atoms with Gasteiger partial charge in [-0.3, -0.25) is 4.90 Å². The van der Waals surface area contributed by atoms with Crippen LogP contribution in [0.2, 0.25) is 0 Å². The molecule has 0 saturated carbocycles. The third-order valence-electron chi connectivity index (χ3n) is 5.84. The molecule has 2 aromatic carbocycles. The number of nitrogens with zero attached hydrogens (tertiary/aromatic N) is 2. The van der Waals surface area contributed by atoms with Crippen LogP contribution in [0.4, 0.5) is 5.69 Å². The molecule has 4 rings (SSSR count). The van der Waals surface area contributed by atoms with Gasteiger partial charge in [-0.05, 0) is 80.6 Å². The molecule has 0 unspecified atom stereocenters. The number of ether oxygens (including phenoxy) is 1. The van der Waals surface area contributed by atoms with Gasteiger partial charge in [-0.25, -0.2) is 0 Å². The van der Waals surface area contributed by atoms with Gasteiger partial charge in [0, 0.05) is 31.4 Å². The predicted octanol–water partition coefficient (Wildman–Crippen LogP) is 5.79. The zero-order valence-electron chi connectivity index (χ0n) is 19.4. The van der Waals surface area contributed by atoms with Gasteiger partial charge in [-0.15, -0.1) is 0 Å². The summed E-state index contributed by atoms with van der Waals surface area (Å²) in [6.45, 7) is 4.16. The number of allylic oxidation sites excluding steroid dienone is 3. The molecule has 0 bridgehead atoms. The fourth-order valence-electron chi connectivity index (χ4n) is 4.00. The van der Waals surface area contributed by atoms with E-state index in [-0.39, 0.29) is 5.60 Å². The normalized spacial score (nSPS) is 18.7. The van der Waals surface area contributed by atoms with Crippen molar-refractivity contribution in [3.05, 3.63) is 95.1 Å². The van der Waals surface area contributed by atoms with Crippen molar-refractivity contribution >= 4 is 17.3 Å². The highest BCUT2D eigenvalue weighted by Crippen LogP contribution is 2.37. The molecule has 0 amide bonds. The molecular formula is C28H32N2O. The number of fused-ring (bicyclic) bond motifs is 1. The maximum Gasteiger partial charge on any atom is 0.127 e. The van der Waals surface area contributed by atoms with E-state index in [4.69, 9.17) is 4.74 Å². The van der Waals surface area contributed by atoms with Gasteiger partial charge in [0.25, 0.3) is 0 Å². The molecular weight excluding hydrogens is 380 g/mol. The van der Waals surface area contributed by atoms with Crippen molar-refractivity contribution in [2.75, 3.05) is 33.1 Å². The Morgan fingerprint density at radius 1 is 0.839 bits per heavy atom. The molecule has 0 saturated heterocycles. The Balaban J connectivity index is 1.82. The summed E-state index contributed by atoms with van der Waals surface area (Å²) in [5, 5.41) is 0. The van der Waals surface area contributed by atoms with Gasteiger partial charge < -0.3 is 9.64 Å². The third kappa shape index (κ3) is 4.52. The van der Waals surface area contributed by atoms with E-state index in [0.29, 0.717) is 6.04 Å². The molecule has 3 nitrogen and oxygen atoms in total. The number of likely N-dealkylation sites (N-methyl/N-ethyl adjacent to an activating group) is 1. The maximum atomic E-state index is 6.15. The van der Waals surface area contributed by atoms with E-state index in [1.54, 1.807) is 0 Å². The molecule has 2 aromatic rings. The van der Waals surface area contributed by atoms with Crippen LogP contribution in [0.1, 0.15) is 30.5 Å². The monoisotopic (exact) mass is 412 g/mol. The predicted molar refractivity (Wildman–Crippen MR) is 133 cm³/mol. The minimum absolute atomic E-state index is 0.270. The molecule has 3 heteroatoms. The van der Waals surface area contributed by atoms with E-state index < -0.39 is 0 Å². The fourth-order valence-corrected chi connectivity index (χ4v) is 4.00. The molecule has 0 N–H and O–H groups in total. The Morgan fingerprint density at radius 3 is 2.10 bits per heavy atom. The van der Waals surface area contributed by atoms with E-state index in [2.05, 4.69) is 131 Å². The van der Waals surface area contributed by atoms with E-state index in [1.165, 1.54) is 28.0 Å². The Kier molecular flexibility index (Phi) is 5.63. The first-order valence-electron chi connectivity index (χ1n) is 10.8. The lowest BCUT2D eigenvalue weighted by Gasteiger charge is -2.28. The minimum atomic E-state index is -0.270. The maximum absolute atomic E-state index is 6.15. The molecule has 1 aliphatic heterocycles. The van der Waals surface area contributed by atoms with Gasteiger partial charge in [0.1, 0.15) is 11.4 Å². The standard InChI is InChI=1S/C28H32N2O/c1-28(2)18-17-22-19-23(11-16-26(22)31-28)27(20-7-12-24(13-8-20)29(3)4)21-9-14-25(15-10-21)30(5)6/h7-19,24H,1-6H3. The largest absolute Gasteiger partial charge is 0.483 e. The van der Waals surface area contributed by atoms with Crippen molar-refractivity contribution in [3.63, 3.8) is 0 Å². The van der Waals surface area contributed by atoms with Gasteiger partial charge >= 0.3 is 0 Å². The summed E-state index contributed by atoms with van der Waals surface area (Å²) >= 11 is 0. The van der Waals surface area contributed by atoms with Crippen LogP contribution in [-0.2, 0) is 0 Å². The smallest absolute Gasteiger partial charge is 0.127 e. The summed E-state index contributed by atoms with van der Waals surface area (Å²) in [6, 6.07) is 15.6. The summed E-state index contributed by atoms with van der Waals surface area (Å²) in [6.07, 6.45) is 13.3. The molecule has 0 spiro atoms. The number of benzene rings is 2. The molecule has 2 aliphatic rings. The van der Waals surface area contributed by atoms with Crippen LogP contribution in [0.15, 0.2) is 78.4 Å².